The molecule has 0 aliphatic heterocycles. The number of H-pyrrole nitrogens is 1. The van der Waals surface area contributed by atoms with E-state index in [9.17, 15) is 9.90 Å². The molecule has 0 fully saturated rings. The minimum Gasteiger partial charge on any atom is -0.374 e. The highest BCUT2D eigenvalue weighted by Crippen LogP contribution is 2.40. The second-order valence-electron chi connectivity index (χ2n) is 6.62. The number of aromatic nitrogens is 1. The molecule has 0 bridgehead atoms. The van der Waals surface area contributed by atoms with E-state index < -0.39 is 12.0 Å². The Bertz CT molecular complexity index is 998. The second-order valence-corrected chi connectivity index (χ2v) is 7.00. The maximum absolute atomic E-state index is 15.0. The Kier molecular flexibility index (Phi) is 5.56. The van der Waals surface area contributed by atoms with Gasteiger partial charge in [0.2, 0.25) is 0 Å². The van der Waals surface area contributed by atoms with Gasteiger partial charge < -0.3 is 21.1 Å². The summed E-state index contributed by atoms with van der Waals surface area (Å²) >= 11 is 6.44. The van der Waals surface area contributed by atoms with E-state index in [-0.39, 0.29) is 17.5 Å². The monoisotopic (exact) mass is 389 g/mol. The molecule has 7 heteroatoms. The first-order chi connectivity index (χ1) is 12.8. The number of carbonyl (C=O) groups excluding carboxylic acids is 1. The van der Waals surface area contributed by atoms with E-state index in [1.54, 1.807) is 13.8 Å². The molecule has 1 heterocycles. The summed E-state index contributed by atoms with van der Waals surface area (Å²) in [7, 11) is 0. The molecule has 5 nitrogen and oxygen atoms in total. The highest BCUT2D eigenvalue weighted by atomic mass is 35.5. The van der Waals surface area contributed by atoms with Crippen LogP contribution in [0.2, 0.25) is 5.02 Å². The molecule has 0 saturated carbocycles. The number of carbonyl (C=O) groups is 1. The minimum absolute atomic E-state index is 0.227. The summed E-state index contributed by atoms with van der Waals surface area (Å²) in [5.41, 5.74) is 8.17. The molecule has 1 aromatic heterocycles. The normalized spacial score (nSPS) is 17.9. The van der Waals surface area contributed by atoms with Crippen LogP contribution in [0.1, 0.15) is 49.2 Å². The van der Waals surface area contributed by atoms with Crippen LogP contribution in [0.4, 0.5) is 4.39 Å². The van der Waals surface area contributed by atoms with Crippen LogP contribution in [0.5, 0.6) is 0 Å². The van der Waals surface area contributed by atoms with Crippen molar-refractivity contribution in [3.05, 3.63) is 39.8 Å². The van der Waals surface area contributed by atoms with Crippen molar-refractivity contribution >= 4 is 34.0 Å². The van der Waals surface area contributed by atoms with Crippen molar-refractivity contribution in [2.45, 2.75) is 45.4 Å². The molecular weight excluding hydrogens is 369 g/mol. The van der Waals surface area contributed by atoms with Gasteiger partial charge in [-0.15, -0.1) is 0 Å². The highest BCUT2D eigenvalue weighted by molar-refractivity contribution is 6.37. The number of hydrogen-bond donors (Lipinski definition) is 4. The number of halogens is 2. The van der Waals surface area contributed by atoms with Crippen molar-refractivity contribution in [3.8, 4) is 11.8 Å². The van der Waals surface area contributed by atoms with Gasteiger partial charge in [0.05, 0.1) is 10.5 Å². The molecule has 2 unspecified atom stereocenters. The maximum Gasteiger partial charge on any atom is 0.296 e. The quantitative estimate of drug-likeness (QED) is 0.479. The molecule has 27 heavy (non-hydrogen) atoms. The lowest BCUT2D eigenvalue weighted by Crippen LogP contribution is -2.33. The van der Waals surface area contributed by atoms with Crippen molar-refractivity contribution in [2.75, 3.05) is 0 Å². The summed E-state index contributed by atoms with van der Waals surface area (Å²) in [6, 6.07) is 1.01. The summed E-state index contributed by atoms with van der Waals surface area (Å²) in [6.45, 7) is 3.37. The van der Waals surface area contributed by atoms with Crippen molar-refractivity contribution in [1.82, 2.24) is 10.3 Å². The van der Waals surface area contributed by atoms with Crippen molar-refractivity contribution in [1.29, 1.82) is 0 Å². The van der Waals surface area contributed by atoms with Crippen LogP contribution in [0.15, 0.2) is 12.1 Å². The van der Waals surface area contributed by atoms with Crippen LogP contribution in [-0.2, 0) is 4.79 Å². The summed E-state index contributed by atoms with van der Waals surface area (Å²) in [4.78, 5) is 14.8. The van der Waals surface area contributed by atoms with Gasteiger partial charge in [-0.25, -0.2) is 4.39 Å². The minimum atomic E-state index is -1.33. The van der Waals surface area contributed by atoms with E-state index in [1.165, 1.54) is 6.07 Å². The third-order valence-corrected chi connectivity index (χ3v) is 5.20. The molecule has 3 rings (SSSR count). The number of nitrogens with two attached hydrogens (primary N) is 1. The number of nitrogens with one attached hydrogen (secondary N) is 2. The first-order valence-electron chi connectivity index (χ1n) is 8.71. The molecule has 0 radical (unpaired) electrons. The van der Waals surface area contributed by atoms with Gasteiger partial charge in [-0.05, 0) is 50.7 Å². The SMILES string of the molecule is CC#CC(=O)NC1C=C(c2c(F)cc(C(N)O)c3[nH]c(C)c(Cl)c23)CCC1. The van der Waals surface area contributed by atoms with E-state index in [1.807, 2.05) is 6.08 Å². The number of amides is 1. The molecule has 5 N–H and O–H groups in total. The fourth-order valence-electron chi connectivity index (χ4n) is 3.56. The molecule has 0 saturated heterocycles. The van der Waals surface area contributed by atoms with E-state index in [0.717, 1.165) is 18.4 Å². The molecule has 2 aromatic rings. The molecular formula is C20H21ClFN3O2. The van der Waals surface area contributed by atoms with Crippen LogP contribution in [-0.4, -0.2) is 22.0 Å². The Morgan fingerprint density at radius 1 is 1.56 bits per heavy atom. The average Bonchev–Trinajstić information content (AvgIpc) is 2.90. The Hall–Kier alpha value is -2.33. The number of benzene rings is 1. The standard InChI is InChI=1S/C20H21ClFN3O2/c1-3-5-15(26)25-12-7-4-6-11(8-12)16-14(22)9-13(20(23)27)19-17(16)18(21)10(2)24-19/h8-9,12,20,24,27H,4,6-7,23H2,1-2H3,(H,25,26). The molecule has 0 spiro atoms. The zero-order valence-electron chi connectivity index (χ0n) is 15.1. The van der Waals surface area contributed by atoms with Gasteiger partial charge in [0.25, 0.3) is 5.91 Å². The number of fused-ring (bicyclic) bond motifs is 1. The van der Waals surface area contributed by atoms with Gasteiger partial charge in [0.15, 0.2) is 0 Å². The van der Waals surface area contributed by atoms with Crippen LogP contribution < -0.4 is 11.1 Å². The lowest BCUT2D eigenvalue weighted by Gasteiger charge is -2.23. The smallest absolute Gasteiger partial charge is 0.296 e. The Morgan fingerprint density at radius 3 is 2.96 bits per heavy atom. The second kappa shape index (κ2) is 7.73. The first-order valence-corrected chi connectivity index (χ1v) is 9.09. The van der Waals surface area contributed by atoms with Crippen LogP contribution in [0.3, 0.4) is 0 Å². The van der Waals surface area contributed by atoms with Crippen molar-refractivity contribution in [2.24, 2.45) is 5.73 Å². The summed E-state index contributed by atoms with van der Waals surface area (Å²) in [6.07, 6.45) is 2.73. The predicted octanol–water partition coefficient (Wildman–Crippen LogP) is 3.29. The van der Waals surface area contributed by atoms with E-state index in [4.69, 9.17) is 17.3 Å². The van der Waals surface area contributed by atoms with Crippen molar-refractivity contribution in [3.63, 3.8) is 0 Å². The maximum atomic E-state index is 15.0. The Labute approximate surface area is 161 Å². The third-order valence-electron chi connectivity index (χ3n) is 4.73. The van der Waals surface area contributed by atoms with Crippen LogP contribution >= 0.6 is 11.6 Å². The Morgan fingerprint density at radius 2 is 2.30 bits per heavy atom. The number of aliphatic hydroxyl groups is 1. The topological polar surface area (TPSA) is 91.1 Å². The number of aliphatic hydroxyl groups excluding tert-OH is 1. The van der Waals surface area contributed by atoms with E-state index in [0.29, 0.717) is 33.6 Å². The van der Waals surface area contributed by atoms with E-state index >= 15 is 4.39 Å². The molecule has 2 atom stereocenters. The largest absolute Gasteiger partial charge is 0.374 e. The van der Waals surface area contributed by atoms with Gasteiger partial charge in [-0.2, -0.15) is 0 Å². The van der Waals surface area contributed by atoms with Gasteiger partial charge >= 0.3 is 0 Å². The number of rotatable bonds is 3. The highest BCUT2D eigenvalue weighted by Gasteiger charge is 2.25. The van der Waals surface area contributed by atoms with Gasteiger partial charge in [-0.3, -0.25) is 4.79 Å². The van der Waals surface area contributed by atoms with Crippen LogP contribution in [0.25, 0.3) is 16.5 Å². The first kappa shape index (κ1) is 19.4. The summed E-state index contributed by atoms with van der Waals surface area (Å²) in [5.74, 6) is 4.15. The van der Waals surface area contributed by atoms with Gasteiger partial charge in [0.1, 0.15) is 12.0 Å². The molecule has 142 valence electrons. The fourth-order valence-corrected chi connectivity index (χ4v) is 3.80. The molecule has 1 aliphatic carbocycles. The number of aromatic amines is 1. The number of allylic oxidation sites excluding steroid dienone is 1. The zero-order valence-corrected chi connectivity index (χ0v) is 15.9. The number of aryl methyl sites for hydroxylation is 1. The molecule has 1 amide bonds. The van der Waals surface area contributed by atoms with Crippen LogP contribution in [0, 0.1) is 24.6 Å². The Balaban J connectivity index is 2.14. The predicted molar refractivity (Wildman–Crippen MR) is 104 cm³/mol. The fraction of sp³-hybridized carbons (Fsp3) is 0.350. The lowest BCUT2D eigenvalue weighted by atomic mass is 9.88. The van der Waals surface area contributed by atoms with Crippen molar-refractivity contribution < 1.29 is 14.3 Å². The lowest BCUT2D eigenvalue weighted by molar-refractivity contribution is -0.116. The van der Waals surface area contributed by atoms with E-state index in [2.05, 4.69) is 22.1 Å². The third kappa shape index (κ3) is 3.72. The zero-order chi connectivity index (χ0) is 19.7. The average molecular weight is 390 g/mol. The van der Waals surface area contributed by atoms with Gasteiger partial charge in [-0.1, -0.05) is 23.6 Å². The summed E-state index contributed by atoms with van der Waals surface area (Å²) < 4.78 is 15.0. The molecule has 1 aromatic carbocycles. The molecule has 1 aliphatic rings. The summed E-state index contributed by atoms with van der Waals surface area (Å²) in [5, 5.41) is 13.5. The number of hydrogen-bond acceptors (Lipinski definition) is 3. The van der Waals surface area contributed by atoms with Gasteiger partial charge in [0, 0.05) is 28.2 Å².